The fraction of sp³-hybridized carbons (Fsp3) is 0.278. The summed E-state index contributed by atoms with van der Waals surface area (Å²) >= 11 is 4.60. The maximum Gasteiger partial charge on any atom is 0.266 e. The number of nitrogens with zero attached hydrogens (tertiary/aromatic N) is 1. The van der Waals surface area contributed by atoms with Crippen LogP contribution in [0.3, 0.4) is 0 Å². The highest BCUT2D eigenvalue weighted by Crippen LogP contribution is 2.28. The van der Waals surface area contributed by atoms with Gasteiger partial charge in [-0.05, 0) is 38.0 Å². The first-order valence-electron chi connectivity index (χ1n) is 7.87. The summed E-state index contributed by atoms with van der Waals surface area (Å²) < 4.78 is 0. The zero-order chi connectivity index (χ0) is 18.1. The lowest BCUT2D eigenvalue weighted by Gasteiger charge is -2.08. The standard InChI is InChI=1S/C18H18BrN3O2S/c1-9-4-5-12(10(2)8-9)20-17(24)15-11(3)14-16(23)21-13(6-7-19)22-18(14)25-15/h4-5,8H,6-7H2,1-3H3,(H,20,24)(H,21,22,23). The van der Waals surface area contributed by atoms with Crippen molar-refractivity contribution >= 4 is 49.1 Å². The Kier molecular flexibility index (Phi) is 5.06. The van der Waals surface area contributed by atoms with E-state index in [1.165, 1.54) is 11.3 Å². The van der Waals surface area contributed by atoms with Crippen molar-refractivity contribution in [1.29, 1.82) is 0 Å². The van der Waals surface area contributed by atoms with Gasteiger partial charge in [0, 0.05) is 17.4 Å². The summed E-state index contributed by atoms with van der Waals surface area (Å²) in [5.74, 6) is 0.408. The minimum absolute atomic E-state index is 0.194. The highest BCUT2D eigenvalue weighted by Gasteiger charge is 2.19. The van der Waals surface area contributed by atoms with Gasteiger partial charge in [0.05, 0.1) is 10.3 Å². The van der Waals surface area contributed by atoms with Gasteiger partial charge in [-0.25, -0.2) is 4.98 Å². The lowest BCUT2D eigenvalue weighted by molar-refractivity contribution is 0.103. The lowest BCUT2D eigenvalue weighted by Crippen LogP contribution is -2.14. The number of halogens is 1. The van der Waals surface area contributed by atoms with Gasteiger partial charge in [-0.2, -0.15) is 0 Å². The monoisotopic (exact) mass is 419 g/mol. The van der Waals surface area contributed by atoms with Crippen LogP contribution < -0.4 is 10.9 Å². The highest BCUT2D eigenvalue weighted by molar-refractivity contribution is 9.09. The summed E-state index contributed by atoms with van der Waals surface area (Å²) in [5, 5.41) is 4.15. The van der Waals surface area contributed by atoms with Crippen molar-refractivity contribution in [2.45, 2.75) is 27.2 Å². The van der Waals surface area contributed by atoms with Crippen LogP contribution in [0.15, 0.2) is 23.0 Å². The number of amides is 1. The predicted octanol–water partition coefficient (Wildman–Crippen LogP) is 4.10. The van der Waals surface area contributed by atoms with Gasteiger partial charge in [-0.1, -0.05) is 33.6 Å². The van der Waals surface area contributed by atoms with E-state index in [9.17, 15) is 9.59 Å². The number of benzene rings is 1. The van der Waals surface area contributed by atoms with Crippen molar-refractivity contribution in [2.75, 3.05) is 10.6 Å². The van der Waals surface area contributed by atoms with Crippen LogP contribution >= 0.6 is 27.3 Å². The third-order valence-electron chi connectivity index (χ3n) is 4.02. The Morgan fingerprint density at radius 1 is 1.32 bits per heavy atom. The van der Waals surface area contributed by atoms with Crippen LogP contribution in [-0.4, -0.2) is 21.2 Å². The quantitative estimate of drug-likeness (QED) is 0.624. The number of hydrogen-bond acceptors (Lipinski definition) is 4. The van der Waals surface area contributed by atoms with Gasteiger partial charge in [0.2, 0.25) is 0 Å². The Morgan fingerprint density at radius 2 is 2.08 bits per heavy atom. The third-order valence-corrected chi connectivity index (χ3v) is 5.60. The molecule has 5 nitrogen and oxygen atoms in total. The Balaban J connectivity index is 2.00. The molecule has 0 aliphatic rings. The number of rotatable bonds is 4. The lowest BCUT2D eigenvalue weighted by atomic mass is 10.1. The van der Waals surface area contributed by atoms with Crippen LogP contribution in [0.2, 0.25) is 0 Å². The van der Waals surface area contributed by atoms with Gasteiger partial charge in [-0.3, -0.25) is 9.59 Å². The number of thiophene rings is 1. The molecule has 0 fully saturated rings. The maximum atomic E-state index is 12.7. The summed E-state index contributed by atoms with van der Waals surface area (Å²) in [6.07, 6.45) is 0.631. The normalized spacial score (nSPS) is 11.0. The molecule has 2 aromatic heterocycles. The predicted molar refractivity (Wildman–Crippen MR) is 106 cm³/mol. The topological polar surface area (TPSA) is 74.8 Å². The van der Waals surface area contributed by atoms with E-state index in [0.29, 0.717) is 38.2 Å². The Hall–Kier alpha value is -1.99. The number of fused-ring (bicyclic) bond motifs is 1. The molecule has 0 spiro atoms. The number of nitrogens with one attached hydrogen (secondary N) is 2. The van der Waals surface area contributed by atoms with Gasteiger partial charge in [0.1, 0.15) is 10.7 Å². The molecule has 130 valence electrons. The number of carbonyl (C=O) groups is 1. The molecule has 0 saturated carbocycles. The zero-order valence-electron chi connectivity index (χ0n) is 14.2. The fourth-order valence-corrected chi connectivity index (χ4v) is 4.22. The Bertz CT molecular complexity index is 1020. The number of hydrogen-bond donors (Lipinski definition) is 2. The molecule has 0 aliphatic heterocycles. The molecule has 0 atom stereocenters. The number of aryl methyl sites for hydroxylation is 4. The Labute approximate surface area is 157 Å². The van der Waals surface area contributed by atoms with E-state index in [4.69, 9.17) is 0 Å². The summed E-state index contributed by atoms with van der Waals surface area (Å²) in [6.45, 7) is 5.76. The largest absolute Gasteiger partial charge is 0.321 e. The molecule has 1 aromatic carbocycles. The van der Waals surface area contributed by atoms with E-state index in [-0.39, 0.29) is 11.5 Å². The van der Waals surface area contributed by atoms with Crippen molar-refractivity contribution in [3.8, 4) is 0 Å². The first kappa shape index (κ1) is 17.8. The SMILES string of the molecule is Cc1ccc(NC(=O)c2sc3nc(CCBr)[nH]c(=O)c3c2C)c(C)c1. The number of alkyl halides is 1. The molecule has 25 heavy (non-hydrogen) atoms. The first-order valence-corrected chi connectivity index (χ1v) is 9.81. The minimum atomic E-state index is -0.214. The van der Waals surface area contributed by atoms with Gasteiger partial charge < -0.3 is 10.3 Å². The van der Waals surface area contributed by atoms with E-state index in [2.05, 4.69) is 31.2 Å². The van der Waals surface area contributed by atoms with Crippen molar-refractivity contribution in [1.82, 2.24) is 9.97 Å². The molecule has 7 heteroatoms. The van der Waals surface area contributed by atoms with E-state index in [1.807, 2.05) is 32.0 Å². The second-order valence-corrected chi connectivity index (χ2v) is 7.75. The number of H-pyrrole nitrogens is 1. The summed E-state index contributed by atoms with van der Waals surface area (Å²) in [5.41, 5.74) is 3.39. The summed E-state index contributed by atoms with van der Waals surface area (Å²) in [7, 11) is 0. The molecule has 2 N–H and O–H groups in total. The molecule has 3 aromatic rings. The summed E-state index contributed by atoms with van der Waals surface area (Å²) in [6, 6.07) is 5.87. The molecular formula is C18H18BrN3O2S. The van der Waals surface area contributed by atoms with E-state index < -0.39 is 0 Å². The molecule has 0 saturated heterocycles. The van der Waals surface area contributed by atoms with Crippen LogP contribution in [0.5, 0.6) is 0 Å². The maximum absolute atomic E-state index is 12.7. The third kappa shape index (κ3) is 3.52. The van der Waals surface area contributed by atoms with Gasteiger partial charge >= 0.3 is 0 Å². The molecule has 0 aliphatic carbocycles. The number of carbonyl (C=O) groups excluding carboxylic acids is 1. The van der Waals surface area contributed by atoms with Gasteiger partial charge in [0.25, 0.3) is 11.5 Å². The zero-order valence-corrected chi connectivity index (χ0v) is 16.6. The number of aromatic amines is 1. The minimum Gasteiger partial charge on any atom is -0.321 e. The van der Waals surface area contributed by atoms with E-state index >= 15 is 0 Å². The van der Waals surface area contributed by atoms with Crippen LogP contribution in [-0.2, 0) is 6.42 Å². The molecule has 0 bridgehead atoms. The number of anilines is 1. The molecule has 1 amide bonds. The van der Waals surface area contributed by atoms with E-state index in [1.54, 1.807) is 6.92 Å². The van der Waals surface area contributed by atoms with Crippen molar-refractivity contribution < 1.29 is 4.79 Å². The van der Waals surface area contributed by atoms with Crippen molar-refractivity contribution in [3.63, 3.8) is 0 Å². The first-order chi connectivity index (χ1) is 11.9. The Morgan fingerprint density at radius 3 is 2.76 bits per heavy atom. The van der Waals surface area contributed by atoms with Gasteiger partial charge in [-0.15, -0.1) is 11.3 Å². The smallest absolute Gasteiger partial charge is 0.266 e. The molecule has 2 heterocycles. The van der Waals surface area contributed by atoms with Crippen molar-refractivity contribution in [3.05, 3.63) is 55.9 Å². The van der Waals surface area contributed by atoms with Crippen LogP contribution in [0.1, 0.15) is 32.2 Å². The van der Waals surface area contributed by atoms with Gasteiger partial charge in [0.15, 0.2) is 0 Å². The fourth-order valence-electron chi connectivity index (χ4n) is 2.75. The second-order valence-electron chi connectivity index (χ2n) is 5.96. The highest BCUT2D eigenvalue weighted by atomic mass is 79.9. The average molecular weight is 420 g/mol. The molecule has 0 unspecified atom stereocenters. The van der Waals surface area contributed by atoms with E-state index in [0.717, 1.165) is 16.8 Å². The van der Waals surface area contributed by atoms with Crippen LogP contribution in [0.4, 0.5) is 5.69 Å². The average Bonchev–Trinajstić information content (AvgIpc) is 2.88. The molecule has 0 radical (unpaired) electrons. The van der Waals surface area contributed by atoms with Crippen molar-refractivity contribution in [2.24, 2.45) is 0 Å². The molecular weight excluding hydrogens is 402 g/mol. The summed E-state index contributed by atoms with van der Waals surface area (Å²) in [4.78, 5) is 33.4. The number of aromatic nitrogens is 2. The molecule has 3 rings (SSSR count). The van der Waals surface area contributed by atoms with Crippen LogP contribution in [0.25, 0.3) is 10.2 Å². The van der Waals surface area contributed by atoms with Crippen LogP contribution in [0, 0.1) is 20.8 Å². The second kappa shape index (κ2) is 7.09.